The third-order valence-electron chi connectivity index (χ3n) is 3.67. The average molecular weight is 240 g/mol. The summed E-state index contributed by atoms with van der Waals surface area (Å²) in [6.07, 6.45) is 4.88. The van der Waals surface area contributed by atoms with E-state index in [9.17, 15) is 4.79 Å². The molecule has 2 amide bonds. The van der Waals surface area contributed by atoms with Crippen molar-refractivity contribution in [1.82, 2.24) is 10.2 Å². The summed E-state index contributed by atoms with van der Waals surface area (Å²) < 4.78 is 5.52. The van der Waals surface area contributed by atoms with E-state index in [2.05, 4.69) is 12.2 Å². The van der Waals surface area contributed by atoms with Crippen LogP contribution < -0.4 is 5.32 Å². The van der Waals surface area contributed by atoms with E-state index in [-0.39, 0.29) is 6.03 Å². The minimum atomic E-state index is 0.0388. The lowest BCUT2D eigenvalue weighted by atomic mass is 9.82. The van der Waals surface area contributed by atoms with E-state index >= 15 is 0 Å². The first kappa shape index (κ1) is 12.7. The molecule has 0 saturated heterocycles. The lowest BCUT2D eigenvalue weighted by Gasteiger charge is -2.34. The number of hydrogen-bond donors (Lipinski definition) is 1. The predicted molar refractivity (Wildman–Crippen MR) is 66.9 cm³/mol. The van der Waals surface area contributed by atoms with E-state index in [1.54, 1.807) is 4.90 Å². The number of amides is 2. The fourth-order valence-corrected chi connectivity index (χ4v) is 2.14. The Morgan fingerprint density at radius 1 is 1.41 bits per heavy atom. The van der Waals surface area contributed by atoms with E-state index in [1.165, 1.54) is 12.8 Å². The van der Waals surface area contributed by atoms with Crippen LogP contribution in [0.1, 0.15) is 32.6 Å². The second-order valence-corrected chi connectivity index (χ2v) is 5.66. The predicted octanol–water partition coefficient (Wildman–Crippen LogP) is 1.85. The summed E-state index contributed by atoms with van der Waals surface area (Å²) in [5, 5.41) is 3.04. The van der Waals surface area contributed by atoms with E-state index in [4.69, 9.17) is 4.74 Å². The molecule has 2 rings (SSSR count). The van der Waals surface area contributed by atoms with Crippen molar-refractivity contribution in [2.75, 3.05) is 26.8 Å². The molecule has 0 atom stereocenters. The van der Waals surface area contributed by atoms with Crippen LogP contribution in [0.25, 0.3) is 0 Å². The minimum Gasteiger partial charge on any atom is -0.379 e. The third kappa shape index (κ3) is 4.19. The molecular weight excluding hydrogens is 216 g/mol. The first-order chi connectivity index (χ1) is 8.15. The highest BCUT2D eigenvalue weighted by atomic mass is 16.5. The molecule has 2 aliphatic rings. The molecule has 4 heteroatoms. The van der Waals surface area contributed by atoms with Crippen LogP contribution >= 0.6 is 0 Å². The number of hydrogen-bond acceptors (Lipinski definition) is 2. The maximum absolute atomic E-state index is 11.8. The highest BCUT2D eigenvalue weighted by Gasteiger charge is 2.27. The Labute approximate surface area is 104 Å². The Balaban J connectivity index is 1.51. The summed E-state index contributed by atoms with van der Waals surface area (Å²) in [4.78, 5) is 13.5. The highest BCUT2D eigenvalue weighted by molar-refractivity contribution is 5.74. The van der Waals surface area contributed by atoms with Gasteiger partial charge in [0, 0.05) is 26.2 Å². The number of carbonyl (C=O) groups excluding carboxylic acids is 1. The fraction of sp³-hybridized carbons (Fsp3) is 0.923. The van der Waals surface area contributed by atoms with Gasteiger partial charge in [-0.15, -0.1) is 0 Å². The van der Waals surface area contributed by atoms with Crippen molar-refractivity contribution >= 4 is 6.03 Å². The molecule has 2 aliphatic carbocycles. The fourth-order valence-electron chi connectivity index (χ4n) is 2.14. The minimum absolute atomic E-state index is 0.0388. The Bertz CT molecular complexity index is 260. The van der Waals surface area contributed by atoms with Crippen LogP contribution in [0.3, 0.4) is 0 Å². The van der Waals surface area contributed by atoms with Gasteiger partial charge in [0.1, 0.15) is 0 Å². The van der Waals surface area contributed by atoms with Gasteiger partial charge in [0.05, 0.1) is 6.61 Å². The van der Waals surface area contributed by atoms with Crippen LogP contribution in [0.5, 0.6) is 0 Å². The Morgan fingerprint density at radius 2 is 2.12 bits per heavy atom. The highest BCUT2D eigenvalue weighted by Crippen LogP contribution is 2.28. The molecule has 2 fully saturated rings. The van der Waals surface area contributed by atoms with Crippen molar-refractivity contribution in [3.05, 3.63) is 0 Å². The maximum Gasteiger partial charge on any atom is 0.317 e. The van der Waals surface area contributed by atoms with E-state index in [0.717, 1.165) is 31.3 Å². The number of nitrogens with zero attached hydrogens (tertiary/aromatic N) is 1. The van der Waals surface area contributed by atoms with Crippen LogP contribution in [-0.2, 0) is 4.74 Å². The number of ether oxygens (including phenoxy) is 1. The number of carbonyl (C=O) groups is 1. The summed E-state index contributed by atoms with van der Waals surface area (Å²) in [5.41, 5.74) is 0. The zero-order chi connectivity index (χ0) is 12.3. The third-order valence-corrected chi connectivity index (χ3v) is 3.67. The summed E-state index contributed by atoms with van der Waals surface area (Å²) in [5.74, 6) is 1.57. The zero-order valence-corrected chi connectivity index (χ0v) is 10.9. The molecule has 0 bridgehead atoms. The van der Waals surface area contributed by atoms with Gasteiger partial charge in [0.15, 0.2) is 0 Å². The Kier molecular flexibility index (Phi) is 4.26. The van der Waals surface area contributed by atoms with E-state index in [0.29, 0.717) is 19.2 Å². The molecule has 0 radical (unpaired) electrons. The number of urea groups is 1. The molecule has 0 spiro atoms. The van der Waals surface area contributed by atoms with Crippen molar-refractivity contribution in [3.8, 4) is 0 Å². The van der Waals surface area contributed by atoms with Crippen molar-refractivity contribution in [1.29, 1.82) is 0 Å². The number of likely N-dealkylation sites (N-methyl/N-ethyl adjacent to an activating group) is 1. The normalized spacial score (nSPS) is 27.4. The maximum atomic E-state index is 11.8. The molecule has 1 N–H and O–H groups in total. The topological polar surface area (TPSA) is 41.6 Å². The monoisotopic (exact) mass is 240 g/mol. The van der Waals surface area contributed by atoms with Gasteiger partial charge < -0.3 is 15.0 Å². The van der Waals surface area contributed by atoms with Gasteiger partial charge in [-0.2, -0.15) is 0 Å². The van der Waals surface area contributed by atoms with Gasteiger partial charge in [0.25, 0.3) is 0 Å². The molecule has 0 aliphatic heterocycles. The van der Waals surface area contributed by atoms with Crippen LogP contribution in [0.2, 0.25) is 0 Å². The SMILES string of the molecule is CC1CC(NC(=O)N(C)CCOCC2CC2)C1. The van der Waals surface area contributed by atoms with Crippen LogP contribution in [0, 0.1) is 11.8 Å². The largest absolute Gasteiger partial charge is 0.379 e. The smallest absolute Gasteiger partial charge is 0.317 e. The van der Waals surface area contributed by atoms with Gasteiger partial charge in [-0.1, -0.05) is 6.92 Å². The molecule has 2 saturated carbocycles. The van der Waals surface area contributed by atoms with Crippen LogP contribution in [0.4, 0.5) is 4.79 Å². The van der Waals surface area contributed by atoms with Crippen molar-refractivity contribution in [3.63, 3.8) is 0 Å². The van der Waals surface area contributed by atoms with Gasteiger partial charge in [-0.3, -0.25) is 0 Å². The van der Waals surface area contributed by atoms with Crippen molar-refractivity contribution in [2.24, 2.45) is 11.8 Å². The molecule has 0 unspecified atom stereocenters. The first-order valence-electron chi connectivity index (χ1n) is 6.74. The van der Waals surface area contributed by atoms with Gasteiger partial charge in [0.2, 0.25) is 0 Å². The molecule has 0 aromatic heterocycles. The molecule has 98 valence electrons. The summed E-state index contributed by atoms with van der Waals surface area (Å²) >= 11 is 0. The quantitative estimate of drug-likeness (QED) is 0.720. The summed E-state index contributed by atoms with van der Waals surface area (Å²) in [7, 11) is 1.83. The van der Waals surface area contributed by atoms with E-state index in [1.807, 2.05) is 7.05 Å². The molecular formula is C13H24N2O2. The van der Waals surface area contributed by atoms with Gasteiger partial charge >= 0.3 is 6.03 Å². The van der Waals surface area contributed by atoms with Gasteiger partial charge in [-0.25, -0.2) is 4.79 Å². The average Bonchev–Trinajstić information content (AvgIpc) is 3.05. The zero-order valence-electron chi connectivity index (χ0n) is 10.9. The molecule has 17 heavy (non-hydrogen) atoms. The van der Waals surface area contributed by atoms with Crippen LogP contribution in [0.15, 0.2) is 0 Å². The standard InChI is InChI=1S/C13H24N2O2/c1-10-7-12(8-10)14-13(16)15(2)5-6-17-9-11-3-4-11/h10-12H,3-9H2,1-2H3,(H,14,16). The van der Waals surface area contributed by atoms with Crippen LogP contribution in [-0.4, -0.2) is 43.8 Å². The molecule has 0 aromatic rings. The van der Waals surface area contributed by atoms with E-state index < -0.39 is 0 Å². The second kappa shape index (κ2) is 5.71. The lowest BCUT2D eigenvalue weighted by Crippen LogP contribution is -2.48. The molecule has 0 aromatic carbocycles. The lowest BCUT2D eigenvalue weighted by molar-refractivity contribution is 0.106. The second-order valence-electron chi connectivity index (χ2n) is 5.66. The van der Waals surface area contributed by atoms with Crippen molar-refractivity contribution in [2.45, 2.75) is 38.6 Å². The molecule has 0 heterocycles. The Morgan fingerprint density at radius 3 is 2.71 bits per heavy atom. The van der Waals surface area contributed by atoms with Crippen molar-refractivity contribution < 1.29 is 9.53 Å². The summed E-state index contributed by atoms with van der Waals surface area (Å²) in [6.45, 7) is 4.43. The first-order valence-corrected chi connectivity index (χ1v) is 6.74. The summed E-state index contributed by atoms with van der Waals surface area (Å²) in [6, 6.07) is 0.434. The number of nitrogens with one attached hydrogen (secondary N) is 1. The van der Waals surface area contributed by atoms with Gasteiger partial charge in [-0.05, 0) is 37.5 Å². The number of rotatable bonds is 6. The Hall–Kier alpha value is -0.770. The molecule has 4 nitrogen and oxygen atoms in total.